The summed E-state index contributed by atoms with van der Waals surface area (Å²) in [5.74, 6) is 0.219. The zero-order valence-corrected chi connectivity index (χ0v) is 16.3. The lowest BCUT2D eigenvalue weighted by atomic mass is 10.1. The number of aromatic nitrogens is 4. The molecule has 2 aromatic heterocycles. The number of hydrogen-bond donors (Lipinski definition) is 0. The van der Waals surface area contributed by atoms with Crippen LogP contribution in [-0.4, -0.2) is 19.5 Å². The van der Waals surface area contributed by atoms with Gasteiger partial charge in [-0.15, -0.1) is 0 Å². The van der Waals surface area contributed by atoms with Gasteiger partial charge in [0.2, 0.25) is 0 Å². The summed E-state index contributed by atoms with van der Waals surface area (Å²) < 4.78 is 40.4. The van der Waals surface area contributed by atoms with E-state index in [9.17, 15) is 18.0 Å². The van der Waals surface area contributed by atoms with E-state index in [1.807, 2.05) is 30.3 Å². The monoisotopic (exact) mass is 428 g/mol. The highest BCUT2D eigenvalue weighted by Crippen LogP contribution is 2.31. The van der Waals surface area contributed by atoms with Gasteiger partial charge in [-0.2, -0.15) is 13.2 Å². The number of rotatable bonds is 5. The van der Waals surface area contributed by atoms with Gasteiger partial charge in [-0.3, -0.25) is 9.36 Å². The van der Waals surface area contributed by atoms with Crippen LogP contribution in [0, 0.1) is 0 Å². The predicted molar refractivity (Wildman–Crippen MR) is 108 cm³/mol. The minimum Gasteiger partial charge on any atom is -0.281 e. The number of nitrogens with zero attached hydrogens (tertiary/aromatic N) is 4. The number of thioether (sulfide) groups is 1. The lowest BCUT2D eigenvalue weighted by molar-refractivity contribution is -0.137. The molecule has 0 fully saturated rings. The molecule has 0 saturated carbocycles. The second-order valence-corrected chi connectivity index (χ2v) is 7.43. The molecule has 0 spiro atoms. The first-order valence-corrected chi connectivity index (χ1v) is 9.95. The lowest BCUT2D eigenvalue weighted by Crippen LogP contribution is -2.25. The molecule has 2 heterocycles. The molecule has 0 aliphatic heterocycles. The Kier molecular flexibility index (Phi) is 5.54. The first kappa shape index (κ1) is 20.1. The average Bonchev–Trinajstić information content (AvgIpc) is 2.75. The van der Waals surface area contributed by atoms with E-state index >= 15 is 0 Å². The summed E-state index contributed by atoms with van der Waals surface area (Å²) in [6.45, 7) is 0.268. The van der Waals surface area contributed by atoms with E-state index < -0.39 is 11.7 Å². The fraction of sp³-hybridized carbons (Fsp3) is 0.143. The van der Waals surface area contributed by atoms with E-state index in [2.05, 4.69) is 15.0 Å². The molecule has 0 unspecified atom stereocenters. The number of fused-ring (bicyclic) bond motifs is 1. The fourth-order valence-electron chi connectivity index (χ4n) is 2.93. The highest BCUT2D eigenvalue weighted by molar-refractivity contribution is 7.98. The van der Waals surface area contributed by atoms with Gasteiger partial charge >= 0.3 is 6.18 Å². The molecule has 0 amide bonds. The first-order chi connectivity index (χ1) is 14.4. The minimum absolute atomic E-state index is 0.150. The molecule has 5 nitrogen and oxygen atoms in total. The topological polar surface area (TPSA) is 60.7 Å². The summed E-state index contributed by atoms with van der Waals surface area (Å²) >= 11 is 1.18. The Labute approximate surface area is 173 Å². The van der Waals surface area contributed by atoms with Gasteiger partial charge in [0.05, 0.1) is 12.1 Å². The number of alkyl halides is 3. The van der Waals surface area contributed by atoms with Crippen LogP contribution in [0.25, 0.3) is 11.2 Å². The maximum atomic E-state index is 13.0. The normalized spacial score (nSPS) is 11.7. The van der Waals surface area contributed by atoms with Crippen molar-refractivity contribution in [3.63, 3.8) is 0 Å². The van der Waals surface area contributed by atoms with Gasteiger partial charge in [-0.05, 0) is 17.2 Å². The Bertz CT molecular complexity index is 1240. The minimum atomic E-state index is -4.41. The highest BCUT2D eigenvalue weighted by atomic mass is 32.2. The van der Waals surface area contributed by atoms with Crippen LogP contribution in [0.4, 0.5) is 13.2 Å². The van der Waals surface area contributed by atoms with Crippen LogP contribution in [0.5, 0.6) is 0 Å². The van der Waals surface area contributed by atoms with E-state index in [0.29, 0.717) is 10.7 Å². The average molecular weight is 428 g/mol. The molecule has 0 N–H and O–H groups in total. The van der Waals surface area contributed by atoms with Gasteiger partial charge in [-0.25, -0.2) is 15.0 Å². The SMILES string of the molecule is O=c1c2nccnc2nc(SCc2cccc(C(F)(F)F)c2)n1Cc1ccccc1. The molecule has 0 aliphatic carbocycles. The summed E-state index contributed by atoms with van der Waals surface area (Å²) in [6.07, 6.45) is -1.54. The summed E-state index contributed by atoms with van der Waals surface area (Å²) in [6, 6.07) is 14.5. The molecule has 0 bridgehead atoms. The van der Waals surface area contributed by atoms with Crippen LogP contribution in [0.1, 0.15) is 16.7 Å². The van der Waals surface area contributed by atoms with Crippen LogP contribution in [0.15, 0.2) is 76.9 Å². The molecule has 30 heavy (non-hydrogen) atoms. The van der Waals surface area contributed by atoms with Crippen LogP contribution < -0.4 is 5.56 Å². The zero-order chi connectivity index (χ0) is 21.1. The fourth-order valence-corrected chi connectivity index (χ4v) is 3.86. The Hall–Kier alpha value is -3.20. The molecule has 0 saturated heterocycles. The molecule has 4 aromatic rings. The summed E-state index contributed by atoms with van der Waals surface area (Å²) in [7, 11) is 0. The van der Waals surface area contributed by atoms with Crippen LogP contribution in [0.3, 0.4) is 0 Å². The number of benzene rings is 2. The third kappa shape index (κ3) is 4.35. The van der Waals surface area contributed by atoms with Gasteiger partial charge < -0.3 is 0 Å². The molecule has 0 radical (unpaired) electrons. The van der Waals surface area contributed by atoms with Crippen molar-refractivity contribution >= 4 is 22.9 Å². The second kappa shape index (κ2) is 8.27. The van der Waals surface area contributed by atoms with Gasteiger partial charge in [0.25, 0.3) is 5.56 Å². The second-order valence-electron chi connectivity index (χ2n) is 6.49. The Morgan fingerprint density at radius 1 is 0.933 bits per heavy atom. The van der Waals surface area contributed by atoms with E-state index in [0.717, 1.165) is 17.7 Å². The molecule has 152 valence electrons. The van der Waals surface area contributed by atoms with Crippen LogP contribution >= 0.6 is 11.8 Å². The molecule has 0 atom stereocenters. The quantitative estimate of drug-likeness (QED) is 0.345. The van der Waals surface area contributed by atoms with Crippen LogP contribution in [0.2, 0.25) is 0 Å². The van der Waals surface area contributed by atoms with Gasteiger partial charge in [0.1, 0.15) is 0 Å². The number of hydrogen-bond acceptors (Lipinski definition) is 5. The summed E-state index contributed by atoms with van der Waals surface area (Å²) in [5, 5.41) is 0.370. The molecule has 9 heteroatoms. The maximum Gasteiger partial charge on any atom is 0.416 e. The van der Waals surface area contributed by atoms with Crippen molar-refractivity contribution in [3.05, 3.63) is 94.0 Å². The van der Waals surface area contributed by atoms with Crippen molar-refractivity contribution in [2.45, 2.75) is 23.6 Å². The van der Waals surface area contributed by atoms with E-state index in [-0.39, 0.29) is 29.0 Å². The Morgan fingerprint density at radius 3 is 2.43 bits per heavy atom. The van der Waals surface area contributed by atoms with Crippen molar-refractivity contribution in [3.8, 4) is 0 Å². The molecule has 4 rings (SSSR count). The van der Waals surface area contributed by atoms with E-state index in [1.54, 1.807) is 6.07 Å². The predicted octanol–water partition coefficient (Wildman–Crippen LogP) is 4.55. The van der Waals surface area contributed by atoms with Gasteiger partial charge in [-0.1, -0.05) is 60.3 Å². The molecular weight excluding hydrogens is 413 g/mol. The smallest absolute Gasteiger partial charge is 0.281 e. The molecule has 0 aliphatic rings. The van der Waals surface area contributed by atoms with E-state index in [4.69, 9.17) is 0 Å². The largest absolute Gasteiger partial charge is 0.416 e. The Morgan fingerprint density at radius 2 is 1.67 bits per heavy atom. The van der Waals surface area contributed by atoms with Crippen LogP contribution in [-0.2, 0) is 18.5 Å². The van der Waals surface area contributed by atoms with E-state index in [1.165, 1.54) is 34.8 Å². The summed E-state index contributed by atoms with van der Waals surface area (Å²) in [5.41, 5.74) is 0.679. The van der Waals surface area contributed by atoms with Crippen molar-refractivity contribution < 1.29 is 13.2 Å². The Balaban J connectivity index is 1.71. The standard InChI is InChI=1S/C21H15F3N4OS/c22-21(23,24)16-8-4-7-15(11-16)13-30-20-27-18-17(25-9-10-26-18)19(29)28(20)12-14-5-2-1-3-6-14/h1-11H,12-13H2. The highest BCUT2D eigenvalue weighted by Gasteiger charge is 2.30. The third-order valence-corrected chi connectivity index (χ3v) is 5.41. The first-order valence-electron chi connectivity index (χ1n) is 8.96. The molecular formula is C21H15F3N4OS. The maximum absolute atomic E-state index is 13.0. The van der Waals surface area contributed by atoms with Gasteiger partial charge in [0.15, 0.2) is 16.3 Å². The van der Waals surface area contributed by atoms with Crippen molar-refractivity contribution in [2.24, 2.45) is 0 Å². The van der Waals surface area contributed by atoms with Crippen molar-refractivity contribution in [1.29, 1.82) is 0 Å². The van der Waals surface area contributed by atoms with Crippen molar-refractivity contribution in [1.82, 2.24) is 19.5 Å². The van der Waals surface area contributed by atoms with Gasteiger partial charge in [0, 0.05) is 18.1 Å². The lowest BCUT2D eigenvalue weighted by Gasteiger charge is -2.13. The van der Waals surface area contributed by atoms with Crippen molar-refractivity contribution in [2.75, 3.05) is 0 Å². The molecule has 2 aromatic carbocycles. The third-order valence-electron chi connectivity index (χ3n) is 4.36. The summed E-state index contributed by atoms with van der Waals surface area (Å²) in [4.78, 5) is 25.6. The number of halogens is 3. The zero-order valence-electron chi connectivity index (χ0n) is 15.5.